The summed E-state index contributed by atoms with van der Waals surface area (Å²) in [6.07, 6.45) is 4.22. The molecule has 16 heteroatoms. The smallest absolute Gasteiger partial charge is 0.407 e. The van der Waals surface area contributed by atoms with E-state index in [-0.39, 0.29) is 47.7 Å². The first-order chi connectivity index (χ1) is 30.4. The molecular formula is C47H56N8O8. The van der Waals surface area contributed by atoms with Crippen LogP contribution in [0.15, 0.2) is 48.7 Å². The van der Waals surface area contributed by atoms with Gasteiger partial charge in [0.2, 0.25) is 11.8 Å². The Labute approximate surface area is 365 Å². The van der Waals surface area contributed by atoms with Crippen molar-refractivity contribution in [2.45, 2.75) is 96.6 Å². The molecule has 63 heavy (non-hydrogen) atoms. The maximum Gasteiger partial charge on any atom is 0.407 e. The van der Waals surface area contributed by atoms with Crippen molar-refractivity contribution in [2.24, 2.45) is 17.8 Å². The summed E-state index contributed by atoms with van der Waals surface area (Å²) in [4.78, 5) is 73.5. The van der Waals surface area contributed by atoms with Crippen LogP contribution in [0.5, 0.6) is 5.75 Å². The Kier molecular flexibility index (Phi) is 11.5. The Morgan fingerprint density at radius 1 is 0.857 bits per heavy atom. The van der Waals surface area contributed by atoms with Crippen molar-refractivity contribution in [3.05, 3.63) is 65.9 Å². The number of carbonyl (C=O) groups excluding carboxylic acids is 4. The highest BCUT2D eigenvalue weighted by Gasteiger charge is 2.44. The first-order valence-corrected chi connectivity index (χ1v) is 22.1. The third kappa shape index (κ3) is 7.93. The molecule has 3 aromatic carbocycles. The van der Waals surface area contributed by atoms with E-state index in [4.69, 9.17) is 28.9 Å². The third-order valence-electron chi connectivity index (χ3n) is 13.5. The van der Waals surface area contributed by atoms with Crippen molar-refractivity contribution in [3.63, 3.8) is 0 Å². The summed E-state index contributed by atoms with van der Waals surface area (Å²) < 4.78 is 21.8. The van der Waals surface area contributed by atoms with Gasteiger partial charge in [-0.2, -0.15) is 0 Å². The van der Waals surface area contributed by atoms with Gasteiger partial charge in [0.05, 0.1) is 49.2 Å². The molecule has 1 unspecified atom stereocenters. The number of alkyl carbamates (subject to hydrolysis) is 2. The maximum absolute atomic E-state index is 14.4. The van der Waals surface area contributed by atoms with Crippen LogP contribution in [0, 0.1) is 17.8 Å². The molecule has 9 rings (SSSR count). The molecule has 0 spiro atoms. The zero-order chi connectivity index (χ0) is 44.1. The van der Waals surface area contributed by atoms with Gasteiger partial charge in [-0.1, -0.05) is 39.0 Å². The van der Waals surface area contributed by atoms with E-state index >= 15 is 0 Å². The zero-order valence-electron chi connectivity index (χ0n) is 36.7. The second-order valence-electron chi connectivity index (χ2n) is 18.0. The molecule has 6 atom stereocenters. The van der Waals surface area contributed by atoms with Gasteiger partial charge in [0.25, 0.3) is 0 Å². The number of fused-ring (bicyclic) bond motifs is 6. The fourth-order valence-electron chi connectivity index (χ4n) is 10.1. The number of aromatic amines is 2. The molecule has 6 heterocycles. The summed E-state index contributed by atoms with van der Waals surface area (Å²) in [6, 6.07) is 12.7. The van der Waals surface area contributed by atoms with E-state index in [0.29, 0.717) is 45.0 Å². The predicted octanol–water partition coefficient (Wildman–Crippen LogP) is 7.16. The highest BCUT2D eigenvalue weighted by Crippen LogP contribution is 2.44. The lowest BCUT2D eigenvalue weighted by molar-refractivity contribution is -0.138. The van der Waals surface area contributed by atoms with E-state index < -0.39 is 24.3 Å². The quantitative estimate of drug-likeness (QED) is 0.118. The lowest BCUT2D eigenvalue weighted by atomic mass is 9.90. The predicted molar refractivity (Wildman–Crippen MR) is 235 cm³/mol. The molecule has 3 fully saturated rings. The number of aromatic nitrogens is 4. The molecule has 0 saturated carbocycles. The van der Waals surface area contributed by atoms with Gasteiger partial charge in [0.15, 0.2) is 0 Å². The average Bonchev–Trinajstić information content (AvgIpc) is 4.12. The summed E-state index contributed by atoms with van der Waals surface area (Å²) in [7, 11) is 2.60. The molecule has 4 aliphatic rings. The van der Waals surface area contributed by atoms with Gasteiger partial charge in [0.1, 0.15) is 36.1 Å². The number of amides is 4. The topological polar surface area (TPSA) is 193 Å². The summed E-state index contributed by atoms with van der Waals surface area (Å²) in [6.45, 7) is 10.0. The Hall–Kier alpha value is -6.16. The molecule has 2 aromatic heterocycles. The fraction of sp³-hybridized carbons (Fsp3) is 0.489. The van der Waals surface area contributed by atoms with Crippen molar-refractivity contribution in [1.29, 1.82) is 0 Å². The van der Waals surface area contributed by atoms with Gasteiger partial charge in [0, 0.05) is 36.8 Å². The number of H-pyrrole nitrogens is 2. The molecule has 4 N–H and O–H groups in total. The molecule has 16 nitrogen and oxygen atoms in total. The number of nitrogens with zero attached hydrogens (tertiary/aromatic N) is 4. The van der Waals surface area contributed by atoms with Gasteiger partial charge in [-0.15, -0.1) is 0 Å². The Morgan fingerprint density at radius 3 is 2.40 bits per heavy atom. The molecule has 0 bridgehead atoms. The third-order valence-corrected chi connectivity index (χ3v) is 13.5. The van der Waals surface area contributed by atoms with Crippen LogP contribution in [0.2, 0.25) is 0 Å². The number of carbonyl (C=O) groups is 4. The van der Waals surface area contributed by atoms with Crippen molar-refractivity contribution in [2.75, 3.05) is 34.0 Å². The Morgan fingerprint density at radius 2 is 1.63 bits per heavy atom. The number of ether oxygens (including phenoxy) is 4. The highest BCUT2D eigenvalue weighted by molar-refractivity contribution is 6.07. The lowest BCUT2D eigenvalue weighted by Crippen LogP contribution is -2.54. The summed E-state index contributed by atoms with van der Waals surface area (Å²) >= 11 is 0. The monoisotopic (exact) mass is 860 g/mol. The second-order valence-corrected chi connectivity index (χ2v) is 18.0. The molecule has 4 amide bonds. The van der Waals surface area contributed by atoms with Crippen LogP contribution >= 0.6 is 0 Å². The average molecular weight is 861 g/mol. The highest BCUT2D eigenvalue weighted by atomic mass is 16.5. The number of methoxy groups -OCH3 is 2. The number of hydrogen-bond donors (Lipinski definition) is 4. The Bertz CT molecular complexity index is 2560. The molecule has 3 saturated heterocycles. The van der Waals surface area contributed by atoms with Crippen LogP contribution in [0.4, 0.5) is 9.59 Å². The number of likely N-dealkylation sites (tertiary alicyclic amines) is 2. The van der Waals surface area contributed by atoms with E-state index in [1.165, 1.54) is 14.2 Å². The van der Waals surface area contributed by atoms with E-state index in [9.17, 15) is 19.2 Å². The molecule has 5 aromatic rings. The van der Waals surface area contributed by atoms with Crippen molar-refractivity contribution >= 4 is 45.8 Å². The van der Waals surface area contributed by atoms with Crippen LogP contribution in [-0.4, -0.2) is 106 Å². The van der Waals surface area contributed by atoms with E-state index in [2.05, 4.69) is 70.8 Å². The standard InChI is InChI=1S/C47H56N8O8/c1-24(2)39(52-46(58)60-5)44(56)54-22-25(3)17-37(54)42-48-21-35(50-42)29-8-10-31-30(18-29)23-63-38-20-32-28(19-33(31)38)9-11-34-41(32)51-43(49-34)36-12-7-26(4)55(36)45(57)40(53-47(59)61-6)27-13-15-62-16-14-27/h8-11,18-21,24-27,36-37,39-40H,7,12-17,22-23H2,1-6H3,(H,48,50)(H,49,51)(H,52,58)(H,53,59)/t25-,26-,36-,37-,39?,40-/m0/s1. The molecule has 0 radical (unpaired) electrons. The number of imidazole rings is 2. The molecule has 0 aliphatic carbocycles. The SMILES string of the molecule is COC(=O)NC(C(=O)N1C[C@@H](C)C[C@H]1c1ncc(-c2ccc3c(c2)COc2cc4c(ccc5[nH]c([C@@H]6CC[C@H](C)N6C(=O)[C@@H](NC(=O)OC)C6CCOCC6)nc54)cc2-3)[nH]1)C(C)C. The minimum atomic E-state index is -0.722. The van der Waals surface area contributed by atoms with Gasteiger partial charge in [-0.05, 0) is 103 Å². The van der Waals surface area contributed by atoms with Crippen LogP contribution in [0.3, 0.4) is 0 Å². The largest absolute Gasteiger partial charge is 0.488 e. The molecule has 332 valence electrons. The Balaban J connectivity index is 0.964. The van der Waals surface area contributed by atoms with Crippen LogP contribution in [0.1, 0.15) is 89.1 Å². The van der Waals surface area contributed by atoms with E-state index in [0.717, 1.165) is 80.6 Å². The molecule has 4 aliphatic heterocycles. The minimum Gasteiger partial charge on any atom is -0.488 e. The normalized spacial score (nSPS) is 22.1. The summed E-state index contributed by atoms with van der Waals surface area (Å²) in [5, 5.41) is 7.54. The van der Waals surface area contributed by atoms with E-state index in [1.807, 2.05) is 35.9 Å². The van der Waals surface area contributed by atoms with E-state index in [1.54, 1.807) is 0 Å². The van der Waals surface area contributed by atoms with Crippen molar-refractivity contribution < 1.29 is 38.1 Å². The van der Waals surface area contributed by atoms with Crippen molar-refractivity contribution in [1.82, 2.24) is 40.4 Å². The molecular weight excluding hydrogens is 805 g/mol. The van der Waals surface area contributed by atoms with Crippen molar-refractivity contribution in [3.8, 4) is 28.1 Å². The number of benzene rings is 3. The maximum atomic E-state index is 14.4. The minimum absolute atomic E-state index is 0.0384. The summed E-state index contributed by atoms with van der Waals surface area (Å²) in [5.74, 6) is 1.99. The lowest BCUT2D eigenvalue weighted by Gasteiger charge is -2.36. The van der Waals surface area contributed by atoms with Gasteiger partial charge < -0.3 is 49.3 Å². The number of nitrogens with one attached hydrogen (secondary N) is 4. The first kappa shape index (κ1) is 42.2. The number of rotatable bonds is 9. The fourth-order valence-corrected chi connectivity index (χ4v) is 10.1. The van der Waals surface area contributed by atoms with Crippen LogP contribution < -0.4 is 15.4 Å². The van der Waals surface area contributed by atoms with Crippen LogP contribution in [0.25, 0.3) is 44.2 Å². The summed E-state index contributed by atoms with van der Waals surface area (Å²) in [5.41, 5.74) is 6.58. The number of hydrogen-bond acceptors (Lipinski definition) is 10. The first-order valence-electron chi connectivity index (χ1n) is 22.1. The van der Waals surface area contributed by atoms with Gasteiger partial charge >= 0.3 is 12.2 Å². The zero-order valence-corrected chi connectivity index (χ0v) is 36.7. The van der Waals surface area contributed by atoms with Crippen LogP contribution in [-0.2, 0) is 30.4 Å². The van der Waals surface area contributed by atoms with Gasteiger partial charge in [-0.25, -0.2) is 19.6 Å². The van der Waals surface area contributed by atoms with Gasteiger partial charge in [-0.3, -0.25) is 9.59 Å². The second kappa shape index (κ2) is 17.2.